The fraction of sp³-hybridized carbons (Fsp3) is 0.348. The molecule has 0 aliphatic carbocycles. The molecule has 31 heavy (non-hydrogen) atoms. The van der Waals surface area contributed by atoms with Crippen LogP contribution in [-0.2, 0) is 11.3 Å². The van der Waals surface area contributed by atoms with E-state index >= 15 is 0 Å². The number of likely N-dealkylation sites (tertiary alicyclic amines) is 1. The van der Waals surface area contributed by atoms with Gasteiger partial charge < -0.3 is 5.32 Å². The standard InChI is InChI=1S/C23H26FN5OS/c24-18-9-11-20(12-10-18)29-21(17-28-14-5-2-6-15-28)26-27-23(29)31-16-13-22(30)25-19-7-3-1-4-8-19/h1,3-4,7-12H,2,5-6,13-17H2,(H,25,30). The molecule has 1 aromatic heterocycles. The number of carbonyl (C=O) groups is 1. The second-order valence-corrected chi connectivity index (χ2v) is 8.62. The molecule has 1 fully saturated rings. The molecule has 2 heterocycles. The lowest BCUT2D eigenvalue weighted by Gasteiger charge is -2.26. The van der Waals surface area contributed by atoms with Crippen LogP contribution in [0.3, 0.4) is 0 Å². The molecule has 3 aromatic rings. The van der Waals surface area contributed by atoms with Gasteiger partial charge in [-0.15, -0.1) is 10.2 Å². The summed E-state index contributed by atoms with van der Waals surface area (Å²) in [5.41, 5.74) is 1.62. The highest BCUT2D eigenvalue weighted by atomic mass is 32.2. The lowest BCUT2D eigenvalue weighted by molar-refractivity contribution is -0.115. The molecule has 0 radical (unpaired) electrons. The summed E-state index contributed by atoms with van der Waals surface area (Å²) in [6.45, 7) is 2.82. The van der Waals surface area contributed by atoms with Crippen LogP contribution in [-0.4, -0.2) is 44.4 Å². The van der Waals surface area contributed by atoms with E-state index in [4.69, 9.17) is 0 Å². The molecule has 1 amide bonds. The Bertz CT molecular complexity index is 987. The molecular weight excluding hydrogens is 413 g/mol. The molecule has 1 saturated heterocycles. The monoisotopic (exact) mass is 439 g/mol. The number of aromatic nitrogens is 3. The maximum Gasteiger partial charge on any atom is 0.225 e. The van der Waals surface area contributed by atoms with Crippen LogP contribution < -0.4 is 5.32 Å². The summed E-state index contributed by atoms with van der Waals surface area (Å²) < 4.78 is 15.5. The average Bonchev–Trinajstić information content (AvgIpc) is 3.18. The minimum atomic E-state index is -0.277. The van der Waals surface area contributed by atoms with Gasteiger partial charge in [0, 0.05) is 23.5 Å². The predicted molar refractivity (Wildman–Crippen MR) is 121 cm³/mol. The summed E-state index contributed by atoms with van der Waals surface area (Å²) in [5.74, 6) is 1.09. The van der Waals surface area contributed by atoms with Gasteiger partial charge in [0.25, 0.3) is 0 Å². The van der Waals surface area contributed by atoms with Crippen molar-refractivity contribution in [3.05, 3.63) is 66.2 Å². The number of hydrogen-bond donors (Lipinski definition) is 1. The largest absolute Gasteiger partial charge is 0.326 e. The molecule has 4 rings (SSSR count). The van der Waals surface area contributed by atoms with Crippen LogP contribution in [0.4, 0.5) is 10.1 Å². The smallest absolute Gasteiger partial charge is 0.225 e. The molecule has 1 aliphatic rings. The van der Waals surface area contributed by atoms with Crippen LogP contribution in [0.5, 0.6) is 0 Å². The van der Waals surface area contributed by atoms with Crippen molar-refractivity contribution in [3.63, 3.8) is 0 Å². The third kappa shape index (κ3) is 5.92. The fourth-order valence-electron chi connectivity index (χ4n) is 3.64. The Morgan fingerprint density at radius 1 is 1.00 bits per heavy atom. The molecule has 0 saturated carbocycles. The number of thioether (sulfide) groups is 1. The Kier molecular flexibility index (Phi) is 7.32. The van der Waals surface area contributed by atoms with Gasteiger partial charge in [-0.1, -0.05) is 36.4 Å². The Morgan fingerprint density at radius 2 is 1.74 bits per heavy atom. The predicted octanol–water partition coefficient (Wildman–Crippen LogP) is 4.51. The van der Waals surface area contributed by atoms with Gasteiger partial charge in [0.1, 0.15) is 5.82 Å². The van der Waals surface area contributed by atoms with E-state index in [-0.39, 0.29) is 11.7 Å². The van der Waals surface area contributed by atoms with Crippen LogP contribution in [0, 0.1) is 5.82 Å². The van der Waals surface area contributed by atoms with Crippen molar-refractivity contribution in [3.8, 4) is 5.69 Å². The highest BCUT2D eigenvalue weighted by Crippen LogP contribution is 2.24. The Morgan fingerprint density at radius 3 is 2.48 bits per heavy atom. The maximum atomic E-state index is 13.5. The first-order valence-corrected chi connectivity index (χ1v) is 11.6. The number of nitrogens with zero attached hydrogens (tertiary/aromatic N) is 4. The number of halogens is 1. The number of para-hydroxylation sites is 1. The molecule has 162 valence electrons. The zero-order valence-electron chi connectivity index (χ0n) is 17.3. The number of carbonyl (C=O) groups excluding carboxylic acids is 1. The molecule has 0 spiro atoms. The molecule has 6 nitrogen and oxygen atoms in total. The first-order chi connectivity index (χ1) is 15.2. The van der Waals surface area contributed by atoms with E-state index in [1.807, 2.05) is 34.9 Å². The lowest BCUT2D eigenvalue weighted by Crippen LogP contribution is -2.30. The summed E-state index contributed by atoms with van der Waals surface area (Å²) in [6.07, 6.45) is 4.02. The normalized spacial score (nSPS) is 14.5. The SMILES string of the molecule is O=C(CCSc1nnc(CN2CCCCC2)n1-c1ccc(F)cc1)Nc1ccccc1. The van der Waals surface area contributed by atoms with Crippen molar-refractivity contribution in [2.45, 2.75) is 37.4 Å². The number of amides is 1. The highest BCUT2D eigenvalue weighted by molar-refractivity contribution is 7.99. The van der Waals surface area contributed by atoms with Crippen LogP contribution in [0.25, 0.3) is 5.69 Å². The van der Waals surface area contributed by atoms with Crippen LogP contribution in [0.2, 0.25) is 0 Å². The van der Waals surface area contributed by atoms with Crippen LogP contribution >= 0.6 is 11.8 Å². The summed E-state index contributed by atoms with van der Waals surface area (Å²) >= 11 is 1.48. The van der Waals surface area contributed by atoms with Crippen molar-refractivity contribution < 1.29 is 9.18 Å². The first-order valence-electron chi connectivity index (χ1n) is 10.6. The average molecular weight is 440 g/mol. The van der Waals surface area contributed by atoms with Gasteiger partial charge in [-0.25, -0.2) is 4.39 Å². The molecule has 1 N–H and O–H groups in total. The van der Waals surface area contributed by atoms with Crippen molar-refractivity contribution in [1.29, 1.82) is 0 Å². The molecule has 0 unspecified atom stereocenters. The second-order valence-electron chi connectivity index (χ2n) is 7.56. The van der Waals surface area contributed by atoms with Crippen molar-refractivity contribution in [2.24, 2.45) is 0 Å². The molecular formula is C23H26FN5OS. The van der Waals surface area contributed by atoms with E-state index in [1.165, 1.54) is 43.2 Å². The zero-order chi connectivity index (χ0) is 21.5. The molecule has 0 atom stereocenters. The summed E-state index contributed by atoms with van der Waals surface area (Å²) in [4.78, 5) is 14.6. The topological polar surface area (TPSA) is 63.1 Å². The molecule has 0 bridgehead atoms. The fourth-order valence-corrected chi connectivity index (χ4v) is 4.55. The quantitative estimate of drug-likeness (QED) is 0.523. The van der Waals surface area contributed by atoms with E-state index in [1.54, 1.807) is 12.1 Å². The maximum absolute atomic E-state index is 13.5. The number of rotatable bonds is 8. The van der Waals surface area contributed by atoms with Crippen LogP contribution in [0.1, 0.15) is 31.5 Å². The van der Waals surface area contributed by atoms with E-state index in [2.05, 4.69) is 20.4 Å². The number of nitrogens with one attached hydrogen (secondary N) is 1. The van der Waals surface area contributed by atoms with Crippen molar-refractivity contribution in [1.82, 2.24) is 19.7 Å². The Labute approximate surface area is 185 Å². The van der Waals surface area contributed by atoms with Gasteiger partial charge in [-0.3, -0.25) is 14.3 Å². The summed E-state index contributed by atoms with van der Waals surface area (Å²) in [5, 5.41) is 12.4. The molecule has 8 heteroatoms. The minimum absolute atomic E-state index is 0.0416. The minimum Gasteiger partial charge on any atom is -0.326 e. The van der Waals surface area contributed by atoms with Crippen LogP contribution in [0.15, 0.2) is 59.8 Å². The lowest BCUT2D eigenvalue weighted by atomic mass is 10.1. The van der Waals surface area contributed by atoms with E-state index in [0.29, 0.717) is 23.9 Å². The van der Waals surface area contributed by atoms with E-state index < -0.39 is 0 Å². The van der Waals surface area contributed by atoms with Gasteiger partial charge >= 0.3 is 0 Å². The summed E-state index contributed by atoms with van der Waals surface area (Å²) in [6, 6.07) is 15.8. The molecule has 1 aliphatic heterocycles. The van der Waals surface area contributed by atoms with Crippen molar-refractivity contribution >= 4 is 23.4 Å². The third-order valence-electron chi connectivity index (χ3n) is 5.22. The number of piperidine rings is 1. The zero-order valence-corrected chi connectivity index (χ0v) is 18.2. The van der Waals surface area contributed by atoms with Gasteiger partial charge in [0.2, 0.25) is 5.91 Å². The second kappa shape index (κ2) is 10.5. The van der Waals surface area contributed by atoms with Gasteiger partial charge in [-0.2, -0.15) is 0 Å². The highest BCUT2D eigenvalue weighted by Gasteiger charge is 2.19. The molecule has 2 aromatic carbocycles. The Hall–Kier alpha value is -2.71. The van der Waals surface area contributed by atoms with Crippen molar-refractivity contribution in [2.75, 3.05) is 24.2 Å². The van der Waals surface area contributed by atoms with E-state index in [0.717, 1.165) is 30.3 Å². The first kappa shape index (κ1) is 21.5. The Balaban J connectivity index is 1.44. The third-order valence-corrected chi connectivity index (χ3v) is 6.15. The van der Waals surface area contributed by atoms with E-state index in [9.17, 15) is 9.18 Å². The van der Waals surface area contributed by atoms with Gasteiger partial charge in [0.15, 0.2) is 11.0 Å². The number of hydrogen-bond acceptors (Lipinski definition) is 5. The van der Waals surface area contributed by atoms with Gasteiger partial charge in [-0.05, 0) is 62.3 Å². The number of benzene rings is 2. The van der Waals surface area contributed by atoms with Gasteiger partial charge in [0.05, 0.1) is 6.54 Å². The number of anilines is 1. The summed E-state index contributed by atoms with van der Waals surface area (Å²) in [7, 11) is 0.